The summed E-state index contributed by atoms with van der Waals surface area (Å²) in [4.78, 5) is 12.9. The number of nitrogens with two attached hydrogens (primary N) is 1. The van der Waals surface area contributed by atoms with E-state index in [9.17, 15) is 10.1 Å². The van der Waals surface area contributed by atoms with Gasteiger partial charge in [-0.25, -0.2) is 0 Å². The molecular weight excluding hydrogens is 268 g/mol. The summed E-state index contributed by atoms with van der Waals surface area (Å²) in [6.45, 7) is 4.55. The van der Waals surface area contributed by atoms with Crippen LogP contribution in [0, 0.1) is 17.0 Å². The summed E-state index contributed by atoms with van der Waals surface area (Å²) in [6.07, 6.45) is 0. The molecule has 0 aliphatic rings. The lowest BCUT2D eigenvalue weighted by Gasteiger charge is -2.25. The lowest BCUT2D eigenvalue weighted by Crippen LogP contribution is -2.19. The van der Waals surface area contributed by atoms with Gasteiger partial charge in [0.25, 0.3) is 0 Å². The topological polar surface area (TPSA) is 84.4 Å². The van der Waals surface area contributed by atoms with Crippen molar-refractivity contribution in [2.45, 2.75) is 13.8 Å². The first-order valence-corrected chi connectivity index (χ1v) is 6.67. The van der Waals surface area contributed by atoms with Crippen LogP contribution < -0.4 is 16.2 Å². The molecule has 2 rings (SSSR count). The van der Waals surface area contributed by atoms with E-state index in [1.165, 1.54) is 0 Å². The largest absolute Gasteiger partial charge is 0.336 e. The van der Waals surface area contributed by atoms with Crippen LogP contribution in [0.15, 0.2) is 42.5 Å². The Morgan fingerprint density at radius 3 is 2.43 bits per heavy atom. The lowest BCUT2D eigenvalue weighted by molar-refractivity contribution is -0.383. The fourth-order valence-corrected chi connectivity index (χ4v) is 2.39. The SMILES string of the molecule is CCN(c1ccccc1C)c1cccc(NN)c1[N+](=O)[O-]. The minimum absolute atomic E-state index is 0.0231. The Labute approximate surface area is 123 Å². The normalized spacial score (nSPS) is 10.2. The molecule has 0 saturated heterocycles. The number of nitrogen functional groups attached to an aromatic ring is 1. The van der Waals surface area contributed by atoms with Crippen molar-refractivity contribution in [3.63, 3.8) is 0 Å². The van der Waals surface area contributed by atoms with Crippen molar-refractivity contribution in [2.24, 2.45) is 5.84 Å². The van der Waals surface area contributed by atoms with E-state index in [1.807, 2.05) is 43.0 Å². The standard InChI is InChI=1S/C15H18N4O2/c1-3-18(13-9-5-4-7-11(13)2)14-10-6-8-12(17-16)15(14)19(20)21/h4-10,17H,3,16H2,1-2H3. The summed E-state index contributed by atoms with van der Waals surface area (Å²) in [5.74, 6) is 5.39. The van der Waals surface area contributed by atoms with Gasteiger partial charge >= 0.3 is 5.69 Å². The smallest absolute Gasteiger partial charge is 0.317 e. The molecule has 0 aliphatic carbocycles. The van der Waals surface area contributed by atoms with E-state index < -0.39 is 4.92 Å². The van der Waals surface area contributed by atoms with E-state index in [0.717, 1.165) is 11.3 Å². The second kappa shape index (κ2) is 6.23. The van der Waals surface area contributed by atoms with Gasteiger partial charge in [-0.1, -0.05) is 24.3 Å². The molecule has 2 aromatic rings. The fraction of sp³-hybridized carbons (Fsp3) is 0.200. The second-order valence-corrected chi connectivity index (χ2v) is 4.61. The molecular formula is C15H18N4O2. The zero-order valence-corrected chi connectivity index (χ0v) is 12.0. The third-order valence-corrected chi connectivity index (χ3v) is 3.37. The monoisotopic (exact) mass is 286 g/mol. The number of nitro benzene ring substituents is 1. The highest BCUT2D eigenvalue weighted by atomic mass is 16.6. The highest BCUT2D eigenvalue weighted by Crippen LogP contribution is 2.39. The van der Waals surface area contributed by atoms with E-state index in [4.69, 9.17) is 5.84 Å². The number of nitrogens with one attached hydrogen (secondary N) is 1. The van der Waals surface area contributed by atoms with Crippen LogP contribution in [0.3, 0.4) is 0 Å². The van der Waals surface area contributed by atoms with E-state index in [0.29, 0.717) is 17.9 Å². The number of hydrazine groups is 1. The third kappa shape index (κ3) is 2.80. The molecule has 0 atom stereocenters. The Hall–Kier alpha value is -2.60. The van der Waals surface area contributed by atoms with Gasteiger partial charge in [-0.05, 0) is 37.6 Å². The summed E-state index contributed by atoms with van der Waals surface area (Å²) >= 11 is 0. The van der Waals surface area contributed by atoms with Crippen molar-refractivity contribution in [3.8, 4) is 0 Å². The molecule has 6 nitrogen and oxygen atoms in total. The number of hydrogen-bond donors (Lipinski definition) is 2. The van der Waals surface area contributed by atoms with Crippen molar-refractivity contribution in [2.75, 3.05) is 16.9 Å². The zero-order valence-electron chi connectivity index (χ0n) is 12.0. The average Bonchev–Trinajstić information content (AvgIpc) is 2.49. The minimum atomic E-state index is -0.411. The van der Waals surface area contributed by atoms with Crippen molar-refractivity contribution >= 4 is 22.7 Å². The van der Waals surface area contributed by atoms with Gasteiger partial charge in [-0.3, -0.25) is 16.0 Å². The van der Waals surface area contributed by atoms with E-state index >= 15 is 0 Å². The molecule has 0 heterocycles. The van der Waals surface area contributed by atoms with Crippen LogP contribution in [-0.2, 0) is 0 Å². The summed E-state index contributed by atoms with van der Waals surface area (Å²) in [6, 6.07) is 12.9. The molecule has 0 radical (unpaired) electrons. The Bertz CT molecular complexity index is 658. The number of hydrogen-bond acceptors (Lipinski definition) is 5. The number of aryl methyl sites for hydroxylation is 1. The molecule has 0 saturated carbocycles. The van der Waals surface area contributed by atoms with Gasteiger partial charge in [0.2, 0.25) is 0 Å². The lowest BCUT2D eigenvalue weighted by atomic mass is 10.1. The van der Waals surface area contributed by atoms with Crippen LogP contribution in [0.5, 0.6) is 0 Å². The Morgan fingerprint density at radius 1 is 1.19 bits per heavy atom. The number of para-hydroxylation sites is 2. The molecule has 3 N–H and O–H groups in total. The van der Waals surface area contributed by atoms with Gasteiger partial charge in [-0.15, -0.1) is 0 Å². The summed E-state index contributed by atoms with van der Waals surface area (Å²) < 4.78 is 0. The highest BCUT2D eigenvalue weighted by Gasteiger charge is 2.24. The second-order valence-electron chi connectivity index (χ2n) is 4.61. The number of nitro groups is 1. The van der Waals surface area contributed by atoms with Gasteiger partial charge < -0.3 is 10.3 Å². The van der Waals surface area contributed by atoms with E-state index in [2.05, 4.69) is 5.43 Å². The molecule has 0 aliphatic heterocycles. The van der Waals surface area contributed by atoms with Gasteiger partial charge in [-0.2, -0.15) is 0 Å². The molecule has 110 valence electrons. The molecule has 6 heteroatoms. The fourth-order valence-electron chi connectivity index (χ4n) is 2.39. The number of rotatable bonds is 5. The maximum Gasteiger partial charge on any atom is 0.317 e. The number of benzene rings is 2. The van der Waals surface area contributed by atoms with Crippen LogP contribution in [0.4, 0.5) is 22.7 Å². The maximum absolute atomic E-state index is 11.4. The molecule has 2 aromatic carbocycles. The Kier molecular flexibility index (Phi) is 4.39. The minimum Gasteiger partial charge on any atom is -0.336 e. The molecule has 0 fully saturated rings. The van der Waals surface area contributed by atoms with E-state index in [-0.39, 0.29) is 5.69 Å². The quantitative estimate of drug-likeness (QED) is 0.500. The first kappa shape index (κ1) is 14.8. The predicted molar refractivity (Wildman–Crippen MR) is 84.8 cm³/mol. The molecule has 0 aromatic heterocycles. The molecule has 0 spiro atoms. The van der Waals surface area contributed by atoms with Crippen molar-refractivity contribution in [1.29, 1.82) is 0 Å². The van der Waals surface area contributed by atoms with Crippen LogP contribution in [0.1, 0.15) is 12.5 Å². The molecule has 0 bridgehead atoms. The zero-order chi connectivity index (χ0) is 15.4. The van der Waals surface area contributed by atoms with E-state index in [1.54, 1.807) is 18.2 Å². The summed E-state index contributed by atoms with van der Waals surface area (Å²) in [7, 11) is 0. The van der Waals surface area contributed by atoms with Crippen molar-refractivity contribution < 1.29 is 4.92 Å². The summed E-state index contributed by atoms with van der Waals surface area (Å²) in [5.41, 5.74) is 5.18. The maximum atomic E-state index is 11.4. The number of anilines is 3. The average molecular weight is 286 g/mol. The Morgan fingerprint density at radius 2 is 1.86 bits per heavy atom. The highest BCUT2D eigenvalue weighted by molar-refractivity contribution is 5.81. The first-order chi connectivity index (χ1) is 10.1. The van der Waals surface area contributed by atoms with Crippen LogP contribution in [0.25, 0.3) is 0 Å². The number of nitrogens with zero attached hydrogens (tertiary/aromatic N) is 2. The first-order valence-electron chi connectivity index (χ1n) is 6.67. The van der Waals surface area contributed by atoms with Crippen molar-refractivity contribution in [3.05, 3.63) is 58.1 Å². The van der Waals surface area contributed by atoms with Gasteiger partial charge in [0.1, 0.15) is 11.4 Å². The van der Waals surface area contributed by atoms with Crippen LogP contribution in [0.2, 0.25) is 0 Å². The third-order valence-electron chi connectivity index (χ3n) is 3.37. The van der Waals surface area contributed by atoms with Gasteiger partial charge in [0.15, 0.2) is 0 Å². The molecule has 0 unspecified atom stereocenters. The van der Waals surface area contributed by atoms with Crippen LogP contribution >= 0.6 is 0 Å². The predicted octanol–water partition coefficient (Wildman–Crippen LogP) is 3.35. The van der Waals surface area contributed by atoms with Crippen molar-refractivity contribution in [1.82, 2.24) is 0 Å². The van der Waals surface area contributed by atoms with Gasteiger partial charge in [0, 0.05) is 12.2 Å². The molecule has 21 heavy (non-hydrogen) atoms. The molecule has 0 amide bonds. The Balaban J connectivity index is 2.63. The summed E-state index contributed by atoms with van der Waals surface area (Å²) in [5, 5.41) is 11.4. The van der Waals surface area contributed by atoms with Gasteiger partial charge in [0.05, 0.1) is 4.92 Å². The van der Waals surface area contributed by atoms with Crippen LogP contribution in [-0.4, -0.2) is 11.5 Å².